The van der Waals surface area contributed by atoms with Crippen molar-refractivity contribution in [3.63, 3.8) is 0 Å². The highest BCUT2D eigenvalue weighted by Crippen LogP contribution is 2.33. The number of Topliss-reactive ketones (excluding diaryl/α,β-unsaturated/α-hetero) is 1. The number of carbonyl (C=O) groups excluding carboxylic acids is 1. The fraction of sp³-hybridized carbons (Fsp3) is 0.0909. The molecular formula is C22H16Cl2N4OS. The van der Waals surface area contributed by atoms with Crippen molar-refractivity contribution in [1.82, 2.24) is 19.7 Å². The van der Waals surface area contributed by atoms with Crippen LogP contribution in [-0.2, 0) is 0 Å². The van der Waals surface area contributed by atoms with Crippen LogP contribution < -0.4 is 0 Å². The third-order valence-corrected chi connectivity index (χ3v) is 6.21. The summed E-state index contributed by atoms with van der Waals surface area (Å²) in [6.45, 7) is 1.86. The van der Waals surface area contributed by atoms with E-state index in [1.54, 1.807) is 24.5 Å². The van der Waals surface area contributed by atoms with Gasteiger partial charge in [0, 0.05) is 23.5 Å². The minimum absolute atomic E-state index is 0.0206. The maximum Gasteiger partial charge on any atom is 0.196 e. The van der Waals surface area contributed by atoms with Gasteiger partial charge in [0.05, 0.1) is 21.0 Å². The van der Waals surface area contributed by atoms with Gasteiger partial charge < -0.3 is 0 Å². The first-order valence-electron chi connectivity index (χ1n) is 9.12. The van der Waals surface area contributed by atoms with Crippen LogP contribution in [0.1, 0.15) is 17.3 Å². The van der Waals surface area contributed by atoms with Crippen molar-refractivity contribution in [2.24, 2.45) is 0 Å². The maximum absolute atomic E-state index is 12.8. The molecule has 0 amide bonds. The van der Waals surface area contributed by atoms with Gasteiger partial charge in [0.1, 0.15) is 0 Å². The van der Waals surface area contributed by atoms with Crippen molar-refractivity contribution in [2.75, 3.05) is 0 Å². The van der Waals surface area contributed by atoms with E-state index in [4.69, 9.17) is 23.2 Å². The van der Waals surface area contributed by atoms with E-state index in [0.29, 0.717) is 26.6 Å². The van der Waals surface area contributed by atoms with Gasteiger partial charge in [-0.05, 0) is 37.3 Å². The highest BCUT2D eigenvalue weighted by molar-refractivity contribution is 8.00. The average Bonchev–Trinajstić information content (AvgIpc) is 3.19. The van der Waals surface area contributed by atoms with Crippen molar-refractivity contribution in [3.8, 4) is 17.1 Å². The van der Waals surface area contributed by atoms with Crippen molar-refractivity contribution < 1.29 is 4.79 Å². The van der Waals surface area contributed by atoms with Gasteiger partial charge in [0.25, 0.3) is 0 Å². The molecule has 0 radical (unpaired) electrons. The van der Waals surface area contributed by atoms with E-state index in [1.165, 1.54) is 11.8 Å². The molecule has 30 heavy (non-hydrogen) atoms. The molecule has 150 valence electrons. The summed E-state index contributed by atoms with van der Waals surface area (Å²) in [7, 11) is 0. The standard InChI is InChI=1S/C22H16Cl2N4OS/c1-14(20(29)15-6-3-2-4-7-15)30-22-27-26-21(16-8-5-11-25-13-16)28(22)17-9-10-18(23)19(24)12-17/h2-14H,1H3. The van der Waals surface area contributed by atoms with Crippen LogP contribution in [-0.4, -0.2) is 30.8 Å². The summed E-state index contributed by atoms with van der Waals surface area (Å²) in [5.74, 6) is 0.621. The summed E-state index contributed by atoms with van der Waals surface area (Å²) >= 11 is 13.7. The minimum atomic E-state index is -0.361. The number of hydrogen-bond donors (Lipinski definition) is 0. The Balaban J connectivity index is 1.75. The number of rotatable bonds is 6. The zero-order chi connectivity index (χ0) is 21.1. The van der Waals surface area contributed by atoms with Crippen LogP contribution in [0.2, 0.25) is 10.0 Å². The van der Waals surface area contributed by atoms with Crippen LogP contribution in [0, 0.1) is 0 Å². The largest absolute Gasteiger partial charge is 0.293 e. The lowest BCUT2D eigenvalue weighted by molar-refractivity contribution is 0.0994. The Labute approximate surface area is 188 Å². The van der Waals surface area contributed by atoms with Crippen molar-refractivity contribution in [1.29, 1.82) is 0 Å². The smallest absolute Gasteiger partial charge is 0.196 e. The molecule has 2 heterocycles. The Morgan fingerprint density at radius 1 is 1.00 bits per heavy atom. The lowest BCUT2D eigenvalue weighted by Gasteiger charge is -2.14. The van der Waals surface area contributed by atoms with Crippen LogP contribution in [0.5, 0.6) is 0 Å². The summed E-state index contributed by atoms with van der Waals surface area (Å²) in [5.41, 5.74) is 2.20. The normalized spacial score (nSPS) is 12.0. The van der Waals surface area contributed by atoms with Crippen LogP contribution in [0.25, 0.3) is 17.1 Å². The number of hydrogen-bond acceptors (Lipinski definition) is 5. The van der Waals surface area contributed by atoms with E-state index in [2.05, 4.69) is 15.2 Å². The molecule has 8 heteroatoms. The average molecular weight is 455 g/mol. The Kier molecular flexibility index (Phi) is 6.18. The number of nitrogens with zero attached hydrogens (tertiary/aromatic N) is 4. The third kappa shape index (κ3) is 4.26. The second-order valence-electron chi connectivity index (χ2n) is 6.47. The molecule has 0 spiro atoms. The summed E-state index contributed by atoms with van der Waals surface area (Å²) in [5, 5.41) is 9.81. The van der Waals surface area contributed by atoms with Gasteiger partial charge in [-0.1, -0.05) is 65.3 Å². The fourth-order valence-corrected chi connectivity index (χ4v) is 4.17. The Morgan fingerprint density at radius 3 is 2.50 bits per heavy atom. The van der Waals surface area contributed by atoms with Gasteiger partial charge in [0.15, 0.2) is 16.8 Å². The van der Waals surface area contributed by atoms with Gasteiger partial charge >= 0.3 is 0 Å². The topological polar surface area (TPSA) is 60.7 Å². The second kappa shape index (κ2) is 9.00. The maximum atomic E-state index is 12.8. The van der Waals surface area contributed by atoms with E-state index in [1.807, 2.05) is 60.0 Å². The van der Waals surface area contributed by atoms with Gasteiger partial charge in [-0.25, -0.2) is 0 Å². The molecule has 0 saturated carbocycles. The number of carbonyl (C=O) groups is 1. The van der Waals surface area contributed by atoms with Crippen LogP contribution in [0.15, 0.2) is 78.2 Å². The molecule has 5 nitrogen and oxygen atoms in total. The first kappa shape index (κ1) is 20.6. The van der Waals surface area contributed by atoms with Gasteiger partial charge in [-0.2, -0.15) is 0 Å². The summed E-state index contributed by atoms with van der Waals surface area (Å²) in [6.07, 6.45) is 3.41. The molecule has 0 N–H and O–H groups in total. The van der Waals surface area contributed by atoms with E-state index >= 15 is 0 Å². The summed E-state index contributed by atoms with van der Waals surface area (Å²) in [6, 6.07) is 18.2. The van der Waals surface area contributed by atoms with E-state index < -0.39 is 0 Å². The van der Waals surface area contributed by atoms with Crippen molar-refractivity contribution in [3.05, 3.63) is 88.7 Å². The number of halogens is 2. The lowest BCUT2D eigenvalue weighted by Crippen LogP contribution is -2.14. The molecule has 0 bridgehead atoms. The first-order chi connectivity index (χ1) is 14.5. The van der Waals surface area contributed by atoms with Crippen molar-refractivity contribution >= 4 is 40.7 Å². The van der Waals surface area contributed by atoms with Gasteiger partial charge in [-0.15, -0.1) is 10.2 Å². The summed E-state index contributed by atoms with van der Waals surface area (Å²) in [4.78, 5) is 17.0. The van der Waals surface area contributed by atoms with Crippen LogP contribution in [0.4, 0.5) is 0 Å². The monoisotopic (exact) mass is 454 g/mol. The van der Waals surface area contributed by atoms with Gasteiger partial charge in [-0.3, -0.25) is 14.3 Å². The molecule has 1 unspecified atom stereocenters. The molecule has 0 aliphatic rings. The molecule has 4 aromatic rings. The van der Waals surface area contributed by atoms with E-state index in [0.717, 1.165) is 11.3 Å². The predicted molar refractivity (Wildman–Crippen MR) is 121 cm³/mol. The molecule has 0 aliphatic carbocycles. The Bertz CT molecular complexity index is 1180. The molecule has 2 aromatic heterocycles. The molecule has 4 rings (SSSR count). The predicted octanol–water partition coefficient (Wildman–Crippen LogP) is 6.00. The van der Waals surface area contributed by atoms with Gasteiger partial charge in [0.2, 0.25) is 0 Å². The number of aromatic nitrogens is 4. The molecule has 1 atom stereocenters. The third-order valence-electron chi connectivity index (χ3n) is 4.42. The van der Waals surface area contributed by atoms with Crippen LogP contribution in [0.3, 0.4) is 0 Å². The molecule has 0 saturated heterocycles. The lowest BCUT2D eigenvalue weighted by atomic mass is 10.1. The molecule has 2 aromatic carbocycles. The van der Waals surface area contributed by atoms with E-state index in [9.17, 15) is 4.79 Å². The fourth-order valence-electron chi connectivity index (χ4n) is 2.93. The van der Waals surface area contributed by atoms with Crippen molar-refractivity contribution in [2.45, 2.75) is 17.3 Å². The number of benzene rings is 2. The number of thioether (sulfide) groups is 1. The Morgan fingerprint density at radius 2 is 1.80 bits per heavy atom. The van der Waals surface area contributed by atoms with E-state index in [-0.39, 0.29) is 11.0 Å². The SMILES string of the molecule is CC(Sc1nnc(-c2cccnc2)n1-c1ccc(Cl)c(Cl)c1)C(=O)c1ccccc1. The number of pyridine rings is 1. The zero-order valence-electron chi connectivity index (χ0n) is 15.9. The molecule has 0 aliphatic heterocycles. The highest BCUT2D eigenvalue weighted by Gasteiger charge is 2.23. The molecule has 0 fully saturated rings. The minimum Gasteiger partial charge on any atom is -0.293 e. The summed E-state index contributed by atoms with van der Waals surface area (Å²) < 4.78 is 1.86. The zero-order valence-corrected chi connectivity index (χ0v) is 18.2. The number of ketones is 1. The second-order valence-corrected chi connectivity index (χ2v) is 8.59. The molecular weight excluding hydrogens is 439 g/mol. The first-order valence-corrected chi connectivity index (χ1v) is 10.8. The quantitative estimate of drug-likeness (QED) is 0.264. The Hall–Kier alpha value is -2.67. The highest BCUT2D eigenvalue weighted by atomic mass is 35.5. The van der Waals surface area contributed by atoms with Crippen LogP contribution >= 0.6 is 35.0 Å².